The molecule has 1 saturated carbocycles. The van der Waals surface area contributed by atoms with Crippen LogP contribution in [0.2, 0.25) is 0 Å². The summed E-state index contributed by atoms with van der Waals surface area (Å²) in [5.41, 5.74) is 0. The van der Waals surface area contributed by atoms with E-state index in [2.05, 4.69) is 15.4 Å². The average Bonchev–Trinajstić information content (AvgIpc) is 2.84. The molecule has 0 atom stereocenters. The standard InChI is InChI=1S/C13H20N4O3/c1-17-8-15-11(16-17)6-7-14-12(18)9-2-4-10(5-3-9)13(19)20/h8-10H,2-7H2,1H3,(H,14,18)(H,19,20). The second kappa shape index (κ2) is 6.49. The van der Waals surface area contributed by atoms with E-state index >= 15 is 0 Å². The van der Waals surface area contributed by atoms with Crippen LogP contribution in [0.25, 0.3) is 0 Å². The number of nitrogens with one attached hydrogen (secondary N) is 1. The number of carbonyl (C=O) groups is 2. The molecule has 0 radical (unpaired) electrons. The highest BCUT2D eigenvalue weighted by molar-refractivity contribution is 5.79. The van der Waals surface area contributed by atoms with Gasteiger partial charge in [-0.1, -0.05) is 0 Å². The first-order valence-corrected chi connectivity index (χ1v) is 6.91. The van der Waals surface area contributed by atoms with Crippen molar-refractivity contribution in [2.75, 3.05) is 6.54 Å². The van der Waals surface area contributed by atoms with Crippen LogP contribution < -0.4 is 5.32 Å². The molecule has 1 aliphatic carbocycles. The Bertz CT molecular complexity index is 478. The van der Waals surface area contributed by atoms with Gasteiger partial charge in [0.25, 0.3) is 0 Å². The maximum Gasteiger partial charge on any atom is 0.306 e. The molecule has 0 saturated heterocycles. The van der Waals surface area contributed by atoms with Crippen LogP contribution >= 0.6 is 0 Å². The van der Waals surface area contributed by atoms with E-state index in [1.165, 1.54) is 0 Å². The zero-order valence-electron chi connectivity index (χ0n) is 11.6. The molecule has 1 heterocycles. The van der Waals surface area contributed by atoms with Gasteiger partial charge in [0.05, 0.1) is 5.92 Å². The molecule has 7 heteroatoms. The van der Waals surface area contributed by atoms with Crippen molar-refractivity contribution >= 4 is 11.9 Å². The molecule has 1 aromatic heterocycles. The summed E-state index contributed by atoms with van der Waals surface area (Å²) in [6.45, 7) is 0.516. The number of rotatable bonds is 5. The molecule has 2 N–H and O–H groups in total. The SMILES string of the molecule is Cn1cnc(CCNC(=O)C2CCC(C(=O)O)CC2)n1. The molecule has 0 unspecified atom stereocenters. The number of nitrogens with zero attached hydrogens (tertiary/aromatic N) is 3. The Morgan fingerprint density at radius 1 is 1.35 bits per heavy atom. The van der Waals surface area contributed by atoms with Gasteiger partial charge in [0, 0.05) is 25.9 Å². The lowest BCUT2D eigenvalue weighted by Gasteiger charge is -2.25. The number of aromatic nitrogens is 3. The lowest BCUT2D eigenvalue weighted by Crippen LogP contribution is -2.35. The van der Waals surface area contributed by atoms with Crippen LogP contribution in [-0.4, -0.2) is 38.3 Å². The highest BCUT2D eigenvalue weighted by Crippen LogP contribution is 2.28. The largest absolute Gasteiger partial charge is 0.481 e. The molecule has 2 rings (SSSR count). The van der Waals surface area contributed by atoms with Crippen LogP contribution in [0.3, 0.4) is 0 Å². The summed E-state index contributed by atoms with van der Waals surface area (Å²) in [5.74, 6) is -0.351. The van der Waals surface area contributed by atoms with E-state index in [9.17, 15) is 9.59 Å². The zero-order chi connectivity index (χ0) is 14.5. The van der Waals surface area contributed by atoms with Crippen molar-refractivity contribution < 1.29 is 14.7 Å². The topological polar surface area (TPSA) is 97.1 Å². The Labute approximate surface area is 117 Å². The maximum atomic E-state index is 12.0. The van der Waals surface area contributed by atoms with Gasteiger partial charge in [-0.25, -0.2) is 4.98 Å². The fraction of sp³-hybridized carbons (Fsp3) is 0.692. The predicted octanol–water partition coefficient (Wildman–Crippen LogP) is 0.365. The maximum absolute atomic E-state index is 12.0. The van der Waals surface area contributed by atoms with Crippen LogP contribution in [0.15, 0.2) is 6.33 Å². The summed E-state index contributed by atoms with van der Waals surface area (Å²) in [5, 5.41) is 15.9. The normalized spacial score (nSPS) is 22.4. The van der Waals surface area contributed by atoms with Crippen molar-refractivity contribution in [3.8, 4) is 0 Å². The molecular weight excluding hydrogens is 260 g/mol. The fourth-order valence-electron chi connectivity index (χ4n) is 2.54. The monoisotopic (exact) mass is 280 g/mol. The van der Waals surface area contributed by atoms with Gasteiger partial charge in [-0.05, 0) is 25.7 Å². The van der Waals surface area contributed by atoms with Gasteiger partial charge in [-0.3, -0.25) is 14.3 Å². The molecular formula is C13H20N4O3. The number of aliphatic carboxylic acids is 1. The molecule has 1 amide bonds. The lowest BCUT2D eigenvalue weighted by atomic mass is 9.81. The summed E-state index contributed by atoms with van der Waals surface area (Å²) in [6.07, 6.45) is 4.74. The molecule has 7 nitrogen and oxygen atoms in total. The minimum Gasteiger partial charge on any atom is -0.481 e. The summed E-state index contributed by atoms with van der Waals surface area (Å²) in [4.78, 5) is 26.9. The highest BCUT2D eigenvalue weighted by atomic mass is 16.4. The average molecular weight is 280 g/mol. The molecule has 110 valence electrons. The number of aryl methyl sites for hydroxylation is 1. The van der Waals surface area contributed by atoms with Crippen molar-refractivity contribution in [3.63, 3.8) is 0 Å². The van der Waals surface area contributed by atoms with Crippen LogP contribution in [-0.2, 0) is 23.1 Å². The third-order valence-corrected chi connectivity index (χ3v) is 3.74. The molecule has 0 aromatic carbocycles. The Morgan fingerprint density at radius 3 is 2.55 bits per heavy atom. The summed E-state index contributed by atoms with van der Waals surface area (Å²) < 4.78 is 1.63. The number of carbonyl (C=O) groups excluding carboxylic acids is 1. The fourth-order valence-corrected chi connectivity index (χ4v) is 2.54. The number of carboxylic acid groups (broad SMARTS) is 1. The third-order valence-electron chi connectivity index (χ3n) is 3.74. The highest BCUT2D eigenvalue weighted by Gasteiger charge is 2.29. The first-order valence-electron chi connectivity index (χ1n) is 6.91. The third kappa shape index (κ3) is 3.79. The lowest BCUT2D eigenvalue weighted by molar-refractivity contribution is -0.144. The Hall–Kier alpha value is -1.92. The molecule has 1 fully saturated rings. The minimum absolute atomic E-state index is 0.0183. The van der Waals surface area contributed by atoms with E-state index in [1.54, 1.807) is 18.1 Å². The molecule has 1 aromatic rings. The minimum atomic E-state index is -0.745. The zero-order valence-corrected chi connectivity index (χ0v) is 11.6. The predicted molar refractivity (Wildman–Crippen MR) is 70.8 cm³/mol. The Morgan fingerprint density at radius 2 is 2.00 bits per heavy atom. The van der Waals surface area contributed by atoms with Gasteiger partial charge >= 0.3 is 5.97 Å². The second-order valence-corrected chi connectivity index (χ2v) is 5.26. The molecule has 0 bridgehead atoms. The van der Waals surface area contributed by atoms with Gasteiger partial charge < -0.3 is 10.4 Å². The Kier molecular flexibility index (Phi) is 4.70. The van der Waals surface area contributed by atoms with E-state index in [0.29, 0.717) is 44.5 Å². The Balaban J connectivity index is 1.69. The molecule has 20 heavy (non-hydrogen) atoms. The number of amides is 1. The smallest absolute Gasteiger partial charge is 0.306 e. The van der Waals surface area contributed by atoms with Gasteiger partial charge in [0.1, 0.15) is 6.33 Å². The molecule has 1 aliphatic rings. The first kappa shape index (κ1) is 14.5. The van der Waals surface area contributed by atoms with Gasteiger partial charge in [-0.15, -0.1) is 0 Å². The van der Waals surface area contributed by atoms with Gasteiger partial charge in [0.2, 0.25) is 5.91 Å². The van der Waals surface area contributed by atoms with E-state index < -0.39 is 5.97 Å². The van der Waals surface area contributed by atoms with Crippen molar-refractivity contribution in [3.05, 3.63) is 12.2 Å². The summed E-state index contributed by atoms with van der Waals surface area (Å²) in [7, 11) is 1.80. The number of hydrogen-bond donors (Lipinski definition) is 2. The molecule has 0 spiro atoms. The number of hydrogen-bond acceptors (Lipinski definition) is 4. The van der Waals surface area contributed by atoms with E-state index in [-0.39, 0.29) is 17.7 Å². The summed E-state index contributed by atoms with van der Waals surface area (Å²) in [6, 6.07) is 0. The van der Waals surface area contributed by atoms with E-state index in [0.717, 1.165) is 0 Å². The first-order chi connectivity index (χ1) is 9.56. The van der Waals surface area contributed by atoms with Crippen molar-refractivity contribution in [1.82, 2.24) is 20.1 Å². The van der Waals surface area contributed by atoms with Gasteiger partial charge in [0.15, 0.2) is 5.82 Å². The quantitative estimate of drug-likeness (QED) is 0.812. The van der Waals surface area contributed by atoms with Crippen LogP contribution in [0.4, 0.5) is 0 Å². The molecule has 0 aliphatic heterocycles. The van der Waals surface area contributed by atoms with E-state index in [1.807, 2.05) is 0 Å². The second-order valence-electron chi connectivity index (χ2n) is 5.26. The van der Waals surface area contributed by atoms with Crippen LogP contribution in [0.1, 0.15) is 31.5 Å². The van der Waals surface area contributed by atoms with E-state index in [4.69, 9.17) is 5.11 Å². The van der Waals surface area contributed by atoms with Gasteiger partial charge in [-0.2, -0.15) is 5.10 Å². The van der Waals surface area contributed by atoms with Crippen molar-refractivity contribution in [1.29, 1.82) is 0 Å². The number of carboxylic acids is 1. The van der Waals surface area contributed by atoms with Crippen LogP contribution in [0, 0.1) is 11.8 Å². The van der Waals surface area contributed by atoms with Crippen LogP contribution in [0.5, 0.6) is 0 Å². The van der Waals surface area contributed by atoms with Crippen molar-refractivity contribution in [2.45, 2.75) is 32.1 Å². The van der Waals surface area contributed by atoms with Crippen molar-refractivity contribution in [2.24, 2.45) is 18.9 Å². The summed E-state index contributed by atoms with van der Waals surface area (Å²) >= 11 is 0.